The number of amides is 4. The van der Waals surface area contributed by atoms with Gasteiger partial charge in [-0.05, 0) is 30.4 Å². The van der Waals surface area contributed by atoms with Crippen molar-refractivity contribution >= 4 is 33.8 Å². The molecule has 1 saturated carbocycles. The van der Waals surface area contributed by atoms with Crippen LogP contribution in [0.25, 0.3) is 0 Å². The quantitative estimate of drug-likeness (QED) is 0.759. The number of nitrogens with zero attached hydrogens (tertiary/aromatic N) is 2. The number of halogens is 1. The van der Waals surface area contributed by atoms with Gasteiger partial charge < -0.3 is 10.2 Å². The average molecular weight is 422 g/mol. The standard InChI is InChI=1S/C19H24BrN3O3/c1-13-7-5-6-10-19(13)17(25)23(18(26)21-19)12-16(24)22(2)11-14-8-3-4-9-15(14)20/h3-4,8-9,13H,5-7,10-12H2,1-2H3,(H,21,26). The van der Waals surface area contributed by atoms with E-state index in [1.807, 2.05) is 31.2 Å². The molecule has 3 rings (SSSR count). The highest BCUT2D eigenvalue weighted by Gasteiger charge is 2.55. The van der Waals surface area contributed by atoms with Crippen LogP contribution in [0.15, 0.2) is 28.7 Å². The second kappa shape index (κ2) is 7.39. The van der Waals surface area contributed by atoms with Crippen molar-refractivity contribution < 1.29 is 14.4 Å². The summed E-state index contributed by atoms with van der Waals surface area (Å²) in [5.74, 6) is -0.423. The second-order valence-corrected chi connectivity index (χ2v) is 8.14. The molecule has 1 saturated heterocycles. The predicted molar refractivity (Wildman–Crippen MR) is 101 cm³/mol. The van der Waals surface area contributed by atoms with Gasteiger partial charge in [0.05, 0.1) is 0 Å². The number of likely N-dealkylation sites (N-methyl/N-ethyl adjacent to an activating group) is 1. The van der Waals surface area contributed by atoms with Crippen molar-refractivity contribution in [1.82, 2.24) is 15.1 Å². The monoisotopic (exact) mass is 421 g/mol. The molecule has 1 aliphatic heterocycles. The van der Waals surface area contributed by atoms with Crippen molar-refractivity contribution in [3.05, 3.63) is 34.3 Å². The molecule has 140 valence electrons. The molecular weight excluding hydrogens is 398 g/mol. The molecule has 1 aromatic rings. The maximum atomic E-state index is 12.9. The first-order chi connectivity index (χ1) is 12.3. The molecule has 0 bridgehead atoms. The van der Waals surface area contributed by atoms with Gasteiger partial charge in [-0.3, -0.25) is 14.5 Å². The number of urea groups is 1. The van der Waals surface area contributed by atoms with Gasteiger partial charge >= 0.3 is 6.03 Å². The molecule has 1 aliphatic carbocycles. The zero-order valence-electron chi connectivity index (χ0n) is 15.1. The van der Waals surface area contributed by atoms with Crippen molar-refractivity contribution in [2.45, 2.75) is 44.7 Å². The fourth-order valence-electron chi connectivity index (χ4n) is 3.87. The molecule has 1 N–H and O–H groups in total. The van der Waals surface area contributed by atoms with Gasteiger partial charge in [-0.25, -0.2) is 4.79 Å². The van der Waals surface area contributed by atoms with Gasteiger partial charge in [0.15, 0.2) is 0 Å². The van der Waals surface area contributed by atoms with Crippen molar-refractivity contribution in [3.63, 3.8) is 0 Å². The summed E-state index contributed by atoms with van der Waals surface area (Å²) >= 11 is 3.47. The first-order valence-corrected chi connectivity index (χ1v) is 9.76. The lowest BCUT2D eigenvalue weighted by molar-refractivity contribution is -0.140. The molecule has 1 spiro atoms. The third-order valence-electron chi connectivity index (χ3n) is 5.59. The number of carbonyl (C=O) groups excluding carboxylic acids is 3. The summed E-state index contributed by atoms with van der Waals surface area (Å²) in [6.07, 6.45) is 3.55. The van der Waals surface area contributed by atoms with Gasteiger partial charge in [-0.1, -0.05) is 53.9 Å². The highest BCUT2D eigenvalue weighted by Crippen LogP contribution is 2.38. The Morgan fingerprint density at radius 1 is 1.35 bits per heavy atom. The number of hydrogen-bond donors (Lipinski definition) is 1. The maximum absolute atomic E-state index is 12.9. The highest BCUT2D eigenvalue weighted by molar-refractivity contribution is 9.10. The third-order valence-corrected chi connectivity index (χ3v) is 6.36. The molecule has 7 heteroatoms. The lowest BCUT2D eigenvalue weighted by atomic mass is 9.73. The topological polar surface area (TPSA) is 69.7 Å². The van der Waals surface area contributed by atoms with E-state index >= 15 is 0 Å². The molecule has 26 heavy (non-hydrogen) atoms. The van der Waals surface area contributed by atoms with E-state index in [0.29, 0.717) is 13.0 Å². The minimum absolute atomic E-state index is 0.0887. The van der Waals surface area contributed by atoms with Crippen LogP contribution in [0.1, 0.15) is 38.2 Å². The number of hydrogen-bond acceptors (Lipinski definition) is 3. The molecule has 6 nitrogen and oxygen atoms in total. The van der Waals surface area contributed by atoms with Crippen molar-refractivity contribution in [1.29, 1.82) is 0 Å². The van der Waals surface area contributed by atoms with Crippen LogP contribution in [-0.2, 0) is 16.1 Å². The van der Waals surface area contributed by atoms with E-state index in [-0.39, 0.29) is 24.3 Å². The van der Waals surface area contributed by atoms with Crippen LogP contribution in [0.4, 0.5) is 4.79 Å². The molecule has 0 radical (unpaired) electrons. The van der Waals surface area contributed by atoms with Crippen LogP contribution in [0, 0.1) is 5.92 Å². The summed E-state index contributed by atoms with van der Waals surface area (Å²) in [6.45, 7) is 2.19. The third kappa shape index (κ3) is 3.37. The summed E-state index contributed by atoms with van der Waals surface area (Å²) in [5.41, 5.74) is 0.148. The lowest BCUT2D eigenvalue weighted by Crippen LogP contribution is -2.54. The summed E-state index contributed by atoms with van der Waals surface area (Å²) in [4.78, 5) is 40.5. The van der Waals surface area contributed by atoms with E-state index in [4.69, 9.17) is 0 Å². The van der Waals surface area contributed by atoms with Crippen LogP contribution in [-0.4, -0.2) is 46.8 Å². The van der Waals surface area contributed by atoms with Crippen molar-refractivity contribution in [2.75, 3.05) is 13.6 Å². The Labute approximate surface area is 162 Å². The van der Waals surface area contributed by atoms with Gasteiger partial charge in [0.25, 0.3) is 5.91 Å². The van der Waals surface area contributed by atoms with Gasteiger partial charge in [0, 0.05) is 18.1 Å². The first-order valence-electron chi connectivity index (χ1n) is 8.96. The fourth-order valence-corrected chi connectivity index (χ4v) is 4.28. The van der Waals surface area contributed by atoms with E-state index in [0.717, 1.165) is 34.2 Å². The Morgan fingerprint density at radius 2 is 2.08 bits per heavy atom. The smallest absolute Gasteiger partial charge is 0.325 e. The minimum Gasteiger partial charge on any atom is -0.340 e. The van der Waals surface area contributed by atoms with Crippen LogP contribution >= 0.6 is 15.9 Å². The molecule has 1 aromatic carbocycles. The predicted octanol–water partition coefficient (Wildman–Crippen LogP) is 2.91. The zero-order chi connectivity index (χ0) is 18.9. The Bertz CT molecular complexity index is 738. The number of benzene rings is 1. The lowest BCUT2D eigenvalue weighted by Gasteiger charge is -2.36. The van der Waals surface area contributed by atoms with Crippen molar-refractivity contribution in [2.24, 2.45) is 5.92 Å². The molecule has 4 amide bonds. The first kappa shape index (κ1) is 18.9. The summed E-state index contributed by atoms with van der Waals surface area (Å²) in [5, 5.41) is 2.88. The van der Waals surface area contributed by atoms with Crippen LogP contribution < -0.4 is 5.32 Å². The normalized spacial score (nSPS) is 25.5. The molecule has 1 heterocycles. The Morgan fingerprint density at radius 3 is 2.77 bits per heavy atom. The van der Waals surface area contributed by atoms with E-state index in [9.17, 15) is 14.4 Å². The molecule has 2 aliphatic rings. The van der Waals surface area contributed by atoms with E-state index in [1.165, 1.54) is 4.90 Å². The SMILES string of the molecule is CC1CCCCC12NC(=O)N(CC(=O)N(C)Cc1ccccc1Br)C2=O. The molecule has 2 atom stereocenters. The van der Waals surface area contributed by atoms with Gasteiger partial charge in [0.1, 0.15) is 12.1 Å². The van der Waals surface area contributed by atoms with E-state index in [1.54, 1.807) is 7.05 Å². The summed E-state index contributed by atoms with van der Waals surface area (Å²) < 4.78 is 0.921. The van der Waals surface area contributed by atoms with Gasteiger partial charge in [-0.15, -0.1) is 0 Å². The zero-order valence-corrected chi connectivity index (χ0v) is 16.7. The van der Waals surface area contributed by atoms with Crippen LogP contribution in [0.3, 0.4) is 0 Å². The second-order valence-electron chi connectivity index (χ2n) is 7.28. The maximum Gasteiger partial charge on any atom is 0.325 e. The number of carbonyl (C=O) groups is 3. The molecule has 2 fully saturated rings. The average Bonchev–Trinajstić information content (AvgIpc) is 2.84. The largest absolute Gasteiger partial charge is 0.340 e. The Hall–Kier alpha value is -1.89. The minimum atomic E-state index is -0.823. The molecular formula is C19H24BrN3O3. The number of nitrogens with one attached hydrogen (secondary N) is 1. The van der Waals surface area contributed by atoms with Crippen molar-refractivity contribution in [3.8, 4) is 0 Å². The van der Waals surface area contributed by atoms with Crippen LogP contribution in [0.2, 0.25) is 0 Å². The number of imide groups is 1. The summed E-state index contributed by atoms with van der Waals surface area (Å²) in [6, 6.07) is 7.21. The fraction of sp³-hybridized carbons (Fsp3) is 0.526. The van der Waals surface area contributed by atoms with Gasteiger partial charge in [0.2, 0.25) is 5.91 Å². The van der Waals surface area contributed by atoms with Gasteiger partial charge in [-0.2, -0.15) is 0 Å². The Balaban J connectivity index is 1.68. The Kier molecular flexibility index (Phi) is 5.37. The molecule has 0 aromatic heterocycles. The molecule has 2 unspecified atom stereocenters. The highest BCUT2D eigenvalue weighted by atomic mass is 79.9. The number of rotatable bonds is 4. The van der Waals surface area contributed by atoms with Crippen LogP contribution in [0.5, 0.6) is 0 Å². The van der Waals surface area contributed by atoms with E-state index in [2.05, 4.69) is 21.2 Å². The summed E-state index contributed by atoms with van der Waals surface area (Å²) in [7, 11) is 1.68. The van der Waals surface area contributed by atoms with E-state index < -0.39 is 11.6 Å².